The van der Waals surface area contributed by atoms with E-state index in [1.54, 1.807) is 0 Å². The molecular weight excluding hydrogens is 264 g/mol. The van der Waals surface area contributed by atoms with Crippen LogP contribution in [0.5, 0.6) is 0 Å². The number of likely N-dealkylation sites (tertiary alicyclic amines) is 1. The summed E-state index contributed by atoms with van der Waals surface area (Å²) in [6.07, 6.45) is 1.81. The highest BCUT2D eigenvalue weighted by Gasteiger charge is 2.40. The van der Waals surface area contributed by atoms with Gasteiger partial charge in [0.1, 0.15) is 0 Å². The first-order valence-electron chi connectivity index (χ1n) is 6.99. The molecule has 5 nitrogen and oxygen atoms in total. The zero-order chi connectivity index (χ0) is 14.4. The molecule has 0 aliphatic carbocycles. The Morgan fingerprint density at radius 1 is 1.32 bits per heavy atom. The van der Waals surface area contributed by atoms with Gasteiger partial charge in [0.2, 0.25) is 11.8 Å². The molecule has 0 spiro atoms. The Balaban J connectivity index is 2.53. The topological polar surface area (TPSA) is 66.5 Å². The number of nitrogens with zero attached hydrogens (tertiary/aromatic N) is 1. The lowest BCUT2D eigenvalue weighted by Gasteiger charge is -2.24. The molecule has 0 radical (unpaired) electrons. The molecule has 19 heavy (non-hydrogen) atoms. The molecule has 1 saturated heterocycles. The first kappa shape index (κ1) is 16.3. The molecule has 110 valence electrons. The average molecular weight is 288 g/mol. The van der Waals surface area contributed by atoms with E-state index >= 15 is 0 Å². The van der Waals surface area contributed by atoms with Crippen molar-refractivity contribution in [3.05, 3.63) is 0 Å². The molecule has 6 heteroatoms. The Morgan fingerprint density at radius 2 is 1.95 bits per heavy atom. The van der Waals surface area contributed by atoms with E-state index in [1.807, 2.05) is 20.8 Å². The summed E-state index contributed by atoms with van der Waals surface area (Å²) in [5.41, 5.74) is 0. The van der Waals surface area contributed by atoms with E-state index in [1.165, 1.54) is 4.90 Å². The Morgan fingerprint density at radius 3 is 2.47 bits per heavy atom. The summed E-state index contributed by atoms with van der Waals surface area (Å²) in [7, 11) is -0.840. The van der Waals surface area contributed by atoms with Crippen LogP contribution in [0.1, 0.15) is 40.0 Å². The maximum atomic E-state index is 12.2. The van der Waals surface area contributed by atoms with Gasteiger partial charge in [-0.1, -0.05) is 20.8 Å². The minimum absolute atomic E-state index is 0.0107. The van der Waals surface area contributed by atoms with Gasteiger partial charge in [0.25, 0.3) is 0 Å². The normalized spacial score (nSPS) is 21.5. The molecule has 2 amide bonds. The molecule has 0 aromatic heterocycles. The van der Waals surface area contributed by atoms with E-state index in [4.69, 9.17) is 0 Å². The summed E-state index contributed by atoms with van der Waals surface area (Å²) in [6, 6.07) is -0.418. The number of rotatable bonds is 8. The number of nitrogens with one attached hydrogen (secondary N) is 1. The minimum Gasteiger partial charge on any atom is -0.305 e. The Kier molecular flexibility index (Phi) is 6.65. The average Bonchev–Trinajstić information content (AvgIpc) is 2.68. The number of carbonyl (C=O) groups excluding carboxylic acids is 2. The second-order valence-corrected chi connectivity index (χ2v) is 6.58. The summed E-state index contributed by atoms with van der Waals surface area (Å²) >= 11 is 0. The van der Waals surface area contributed by atoms with E-state index in [-0.39, 0.29) is 24.3 Å². The fraction of sp³-hybridized carbons (Fsp3) is 0.846. The molecule has 0 aromatic rings. The maximum Gasteiger partial charge on any atom is 0.247 e. The van der Waals surface area contributed by atoms with Gasteiger partial charge in [-0.05, 0) is 12.8 Å². The van der Waals surface area contributed by atoms with Crippen LogP contribution in [-0.2, 0) is 20.4 Å². The van der Waals surface area contributed by atoms with E-state index < -0.39 is 16.8 Å². The molecule has 2 atom stereocenters. The largest absolute Gasteiger partial charge is 0.305 e. The fourth-order valence-electron chi connectivity index (χ4n) is 2.34. The maximum absolute atomic E-state index is 12.2. The van der Waals surface area contributed by atoms with Crippen molar-refractivity contribution in [2.75, 3.05) is 18.1 Å². The Bertz CT molecular complexity index is 356. The van der Waals surface area contributed by atoms with Crippen molar-refractivity contribution in [3.8, 4) is 0 Å². The number of hydrogen-bond acceptors (Lipinski definition) is 4. The van der Waals surface area contributed by atoms with Crippen molar-refractivity contribution in [1.29, 1.82) is 0 Å². The monoisotopic (exact) mass is 288 g/mol. The second kappa shape index (κ2) is 7.75. The number of hydrogen-bond donors (Lipinski definition) is 1. The van der Waals surface area contributed by atoms with Crippen molar-refractivity contribution in [2.24, 2.45) is 0 Å². The standard InChI is InChI=1S/C13H24N2O3S/c1-4-10(5-2)15-12(16)9-11(13(15)17)14-7-8-19(18)6-3/h10-11,14H,4-9H2,1-3H3. The van der Waals surface area contributed by atoms with Crippen LogP contribution in [0.15, 0.2) is 0 Å². The smallest absolute Gasteiger partial charge is 0.247 e. The molecule has 1 N–H and O–H groups in total. The highest BCUT2D eigenvalue weighted by atomic mass is 32.2. The van der Waals surface area contributed by atoms with Crippen LogP contribution in [0.4, 0.5) is 0 Å². The predicted molar refractivity (Wildman–Crippen MR) is 76.2 cm³/mol. The molecule has 1 heterocycles. The third-order valence-electron chi connectivity index (χ3n) is 3.53. The van der Waals surface area contributed by atoms with Crippen LogP contribution in [-0.4, -0.2) is 51.1 Å². The molecule has 1 aliphatic rings. The zero-order valence-electron chi connectivity index (χ0n) is 12.0. The number of imide groups is 1. The van der Waals surface area contributed by atoms with Gasteiger partial charge in [0.15, 0.2) is 0 Å². The third-order valence-corrected chi connectivity index (χ3v) is 4.84. The van der Waals surface area contributed by atoms with Crippen LogP contribution in [0.3, 0.4) is 0 Å². The first-order chi connectivity index (χ1) is 9.04. The molecule has 0 bridgehead atoms. The summed E-state index contributed by atoms with van der Waals surface area (Å²) in [5.74, 6) is 0.937. The van der Waals surface area contributed by atoms with Crippen molar-refractivity contribution in [1.82, 2.24) is 10.2 Å². The lowest BCUT2D eigenvalue weighted by molar-refractivity contribution is -0.141. The SMILES string of the molecule is CCC(CC)N1C(=O)CC(NCCS(=O)CC)C1=O. The van der Waals surface area contributed by atoms with Crippen LogP contribution in [0.2, 0.25) is 0 Å². The highest BCUT2D eigenvalue weighted by Crippen LogP contribution is 2.19. The quantitative estimate of drug-likeness (QED) is 0.666. The van der Waals surface area contributed by atoms with Gasteiger partial charge in [-0.3, -0.25) is 18.7 Å². The molecule has 0 aromatic carbocycles. The summed E-state index contributed by atoms with van der Waals surface area (Å²) in [6.45, 7) is 6.36. The van der Waals surface area contributed by atoms with Gasteiger partial charge in [-0.25, -0.2) is 0 Å². The van der Waals surface area contributed by atoms with E-state index in [9.17, 15) is 13.8 Å². The highest BCUT2D eigenvalue weighted by molar-refractivity contribution is 7.84. The second-order valence-electron chi connectivity index (χ2n) is 4.72. The van der Waals surface area contributed by atoms with Gasteiger partial charge < -0.3 is 5.32 Å². The van der Waals surface area contributed by atoms with Crippen molar-refractivity contribution >= 4 is 22.6 Å². The van der Waals surface area contributed by atoms with Crippen LogP contribution < -0.4 is 5.32 Å². The van der Waals surface area contributed by atoms with Crippen molar-refractivity contribution in [3.63, 3.8) is 0 Å². The molecule has 0 saturated carbocycles. The zero-order valence-corrected chi connectivity index (χ0v) is 12.8. The van der Waals surface area contributed by atoms with E-state index in [0.717, 1.165) is 12.8 Å². The lowest BCUT2D eigenvalue weighted by Crippen LogP contribution is -2.44. The van der Waals surface area contributed by atoms with Gasteiger partial charge in [-0.2, -0.15) is 0 Å². The van der Waals surface area contributed by atoms with E-state index in [0.29, 0.717) is 18.1 Å². The summed E-state index contributed by atoms with van der Waals surface area (Å²) in [5, 5.41) is 3.05. The molecule has 1 fully saturated rings. The Hall–Kier alpha value is -0.750. The van der Waals surface area contributed by atoms with Gasteiger partial charge >= 0.3 is 0 Å². The number of amides is 2. The van der Waals surface area contributed by atoms with Gasteiger partial charge in [-0.15, -0.1) is 0 Å². The van der Waals surface area contributed by atoms with E-state index in [2.05, 4.69) is 5.32 Å². The summed E-state index contributed by atoms with van der Waals surface area (Å²) in [4.78, 5) is 25.5. The molecule has 1 rings (SSSR count). The lowest BCUT2D eigenvalue weighted by atomic mass is 10.1. The molecule has 1 aliphatic heterocycles. The fourth-order valence-corrected chi connectivity index (χ4v) is 2.97. The third kappa shape index (κ3) is 4.11. The van der Waals surface area contributed by atoms with Crippen LogP contribution in [0, 0.1) is 0 Å². The van der Waals surface area contributed by atoms with Gasteiger partial charge in [0.05, 0.1) is 12.5 Å². The summed E-state index contributed by atoms with van der Waals surface area (Å²) < 4.78 is 11.3. The Labute approximate surface area is 117 Å². The van der Waals surface area contributed by atoms with Crippen molar-refractivity contribution in [2.45, 2.75) is 52.1 Å². The van der Waals surface area contributed by atoms with Crippen LogP contribution in [0.25, 0.3) is 0 Å². The minimum atomic E-state index is -0.840. The van der Waals surface area contributed by atoms with Crippen molar-refractivity contribution < 1.29 is 13.8 Å². The first-order valence-corrected chi connectivity index (χ1v) is 8.48. The molecular formula is C13H24N2O3S. The van der Waals surface area contributed by atoms with Gasteiger partial charge in [0, 0.05) is 34.9 Å². The predicted octanol–water partition coefficient (Wildman–Crippen LogP) is 0.661. The number of carbonyl (C=O) groups is 2. The van der Waals surface area contributed by atoms with Crippen LogP contribution >= 0.6 is 0 Å². The molecule has 2 unspecified atom stereocenters.